The molecule has 1 aromatic carbocycles. The molecule has 108 valence electrons. The van der Waals surface area contributed by atoms with Crippen LogP contribution in [0.25, 0.3) is 5.69 Å². The molecule has 1 aliphatic rings. The van der Waals surface area contributed by atoms with E-state index >= 15 is 0 Å². The van der Waals surface area contributed by atoms with Crippen LogP contribution in [-0.4, -0.2) is 39.9 Å². The van der Waals surface area contributed by atoms with Gasteiger partial charge in [-0.2, -0.15) is 5.10 Å². The Morgan fingerprint density at radius 3 is 2.76 bits per heavy atom. The van der Waals surface area contributed by atoms with Gasteiger partial charge in [0.2, 0.25) is 5.91 Å². The van der Waals surface area contributed by atoms with E-state index in [1.165, 1.54) is 0 Å². The Hall–Kier alpha value is -2.67. The number of imide groups is 1. The van der Waals surface area contributed by atoms with Crippen molar-refractivity contribution in [2.75, 3.05) is 18.5 Å². The Bertz CT molecular complexity index is 694. The fraction of sp³-hybridized carbons (Fsp3) is 0.214. The molecule has 0 saturated carbocycles. The maximum absolute atomic E-state index is 12.0. The van der Waals surface area contributed by atoms with Gasteiger partial charge < -0.3 is 10.4 Å². The summed E-state index contributed by atoms with van der Waals surface area (Å²) in [5.74, 6) is -0.349. The molecular formula is C14H14N4O3. The van der Waals surface area contributed by atoms with Crippen LogP contribution in [0, 0.1) is 0 Å². The Morgan fingerprint density at radius 2 is 2.05 bits per heavy atom. The van der Waals surface area contributed by atoms with Gasteiger partial charge in [0, 0.05) is 6.54 Å². The normalized spacial score (nSPS) is 13.8. The van der Waals surface area contributed by atoms with E-state index in [0.29, 0.717) is 17.1 Å². The Morgan fingerprint density at radius 1 is 1.29 bits per heavy atom. The van der Waals surface area contributed by atoms with E-state index in [1.807, 2.05) is 30.3 Å². The molecule has 0 saturated heterocycles. The summed E-state index contributed by atoms with van der Waals surface area (Å²) in [5.41, 5.74) is 1.56. The van der Waals surface area contributed by atoms with E-state index in [2.05, 4.69) is 15.7 Å². The zero-order valence-corrected chi connectivity index (χ0v) is 11.2. The molecule has 1 aliphatic heterocycles. The van der Waals surface area contributed by atoms with Gasteiger partial charge in [0.15, 0.2) is 0 Å². The molecule has 0 aliphatic carbocycles. The summed E-state index contributed by atoms with van der Waals surface area (Å²) in [5, 5.41) is 18.6. The minimum atomic E-state index is -0.469. The number of carbonyl (C=O) groups excluding carboxylic acids is 2. The van der Waals surface area contributed by atoms with Gasteiger partial charge in [-0.05, 0) is 12.1 Å². The SMILES string of the molecule is O=C1Cc2nn(-c3ccccc3)c(NCCO)c2C(=O)N1. The predicted octanol–water partition coefficient (Wildman–Crippen LogP) is 0.0890. The Labute approximate surface area is 120 Å². The van der Waals surface area contributed by atoms with Crippen molar-refractivity contribution in [1.82, 2.24) is 15.1 Å². The number of carbonyl (C=O) groups is 2. The molecule has 0 radical (unpaired) electrons. The molecule has 7 nitrogen and oxygen atoms in total. The topological polar surface area (TPSA) is 96.2 Å². The molecule has 7 heteroatoms. The lowest BCUT2D eigenvalue weighted by Gasteiger charge is -2.13. The first-order valence-electron chi connectivity index (χ1n) is 6.57. The molecule has 0 atom stereocenters. The maximum atomic E-state index is 12.0. The molecule has 0 fully saturated rings. The highest BCUT2D eigenvalue weighted by Gasteiger charge is 2.30. The smallest absolute Gasteiger partial charge is 0.263 e. The number of nitrogens with one attached hydrogen (secondary N) is 2. The first-order chi connectivity index (χ1) is 10.2. The van der Waals surface area contributed by atoms with Gasteiger partial charge in [-0.1, -0.05) is 18.2 Å². The molecule has 3 N–H and O–H groups in total. The second kappa shape index (κ2) is 5.37. The second-order valence-corrected chi connectivity index (χ2v) is 4.62. The van der Waals surface area contributed by atoms with Gasteiger partial charge in [-0.3, -0.25) is 14.9 Å². The summed E-state index contributed by atoms with van der Waals surface area (Å²) in [4.78, 5) is 23.5. The zero-order valence-electron chi connectivity index (χ0n) is 11.2. The van der Waals surface area contributed by atoms with Crippen molar-refractivity contribution in [3.8, 4) is 5.69 Å². The summed E-state index contributed by atoms with van der Waals surface area (Å²) in [7, 11) is 0. The van der Waals surface area contributed by atoms with Crippen LogP contribution in [0.2, 0.25) is 0 Å². The molecule has 0 spiro atoms. The predicted molar refractivity (Wildman–Crippen MR) is 75.3 cm³/mol. The van der Waals surface area contributed by atoms with Crippen LogP contribution in [0.1, 0.15) is 16.1 Å². The highest BCUT2D eigenvalue weighted by molar-refractivity contribution is 6.12. The van der Waals surface area contributed by atoms with Crippen molar-refractivity contribution in [2.45, 2.75) is 6.42 Å². The molecular weight excluding hydrogens is 272 g/mol. The van der Waals surface area contributed by atoms with Gasteiger partial charge in [-0.25, -0.2) is 4.68 Å². The first kappa shape index (κ1) is 13.3. The fourth-order valence-electron chi connectivity index (χ4n) is 2.30. The van der Waals surface area contributed by atoms with E-state index < -0.39 is 5.91 Å². The highest BCUT2D eigenvalue weighted by atomic mass is 16.3. The highest BCUT2D eigenvalue weighted by Crippen LogP contribution is 2.26. The number of amides is 2. The number of aromatic nitrogens is 2. The van der Waals surface area contributed by atoms with E-state index in [4.69, 9.17) is 5.11 Å². The summed E-state index contributed by atoms with van der Waals surface area (Å²) in [6, 6.07) is 9.29. The number of aliphatic hydroxyl groups excluding tert-OH is 1. The number of hydrogen-bond donors (Lipinski definition) is 3. The molecule has 21 heavy (non-hydrogen) atoms. The average molecular weight is 286 g/mol. The lowest BCUT2D eigenvalue weighted by molar-refractivity contribution is -0.119. The van der Waals surface area contributed by atoms with E-state index in [0.717, 1.165) is 5.69 Å². The number of anilines is 1. The molecule has 0 bridgehead atoms. The number of nitrogens with zero attached hydrogens (tertiary/aromatic N) is 2. The third kappa shape index (κ3) is 2.38. The molecule has 2 aromatic rings. The van der Waals surface area contributed by atoms with Crippen LogP contribution in [0.5, 0.6) is 0 Å². The fourth-order valence-corrected chi connectivity index (χ4v) is 2.30. The van der Waals surface area contributed by atoms with Gasteiger partial charge in [0.1, 0.15) is 11.4 Å². The number of para-hydroxylation sites is 1. The van der Waals surface area contributed by atoms with Gasteiger partial charge >= 0.3 is 0 Å². The van der Waals surface area contributed by atoms with Crippen LogP contribution in [0.4, 0.5) is 5.82 Å². The number of hydrogen-bond acceptors (Lipinski definition) is 5. The number of fused-ring (bicyclic) bond motifs is 1. The summed E-state index contributed by atoms with van der Waals surface area (Å²) < 4.78 is 1.58. The van der Waals surface area contributed by atoms with E-state index in [1.54, 1.807) is 4.68 Å². The van der Waals surface area contributed by atoms with E-state index in [9.17, 15) is 9.59 Å². The van der Waals surface area contributed by atoms with Crippen LogP contribution < -0.4 is 10.6 Å². The lowest BCUT2D eigenvalue weighted by atomic mass is 10.1. The molecule has 0 unspecified atom stereocenters. The van der Waals surface area contributed by atoms with Gasteiger partial charge in [0.05, 0.1) is 24.4 Å². The van der Waals surface area contributed by atoms with Gasteiger partial charge in [-0.15, -0.1) is 0 Å². The largest absolute Gasteiger partial charge is 0.395 e. The average Bonchev–Trinajstić information content (AvgIpc) is 2.84. The quantitative estimate of drug-likeness (QED) is 0.692. The molecule has 2 amide bonds. The number of aliphatic hydroxyl groups is 1. The van der Waals surface area contributed by atoms with Crippen molar-refractivity contribution >= 4 is 17.6 Å². The third-order valence-electron chi connectivity index (χ3n) is 3.17. The second-order valence-electron chi connectivity index (χ2n) is 4.62. The monoisotopic (exact) mass is 286 g/mol. The number of rotatable bonds is 4. The lowest BCUT2D eigenvalue weighted by Crippen LogP contribution is -2.37. The zero-order chi connectivity index (χ0) is 14.8. The van der Waals surface area contributed by atoms with Crippen molar-refractivity contribution in [2.24, 2.45) is 0 Å². The van der Waals surface area contributed by atoms with Crippen molar-refractivity contribution in [3.05, 3.63) is 41.6 Å². The van der Waals surface area contributed by atoms with Crippen LogP contribution in [0.3, 0.4) is 0 Å². The first-order valence-corrected chi connectivity index (χ1v) is 6.57. The Balaban J connectivity index is 2.13. The van der Waals surface area contributed by atoms with E-state index in [-0.39, 0.29) is 25.5 Å². The van der Waals surface area contributed by atoms with Crippen LogP contribution >= 0.6 is 0 Å². The molecule has 2 heterocycles. The minimum absolute atomic E-state index is 0.0642. The van der Waals surface area contributed by atoms with Crippen molar-refractivity contribution in [3.63, 3.8) is 0 Å². The van der Waals surface area contributed by atoms with Crippen molar-refractivity contribution in [1.29, 1.82) is 0 Å². The third-order valence-corrected chi connectivity index (χ3v) is 3.17. The summed E-state index contributed by atoms with van der Waals surface area (Å²) in [6.07, 6.45) is 0.0642. The van der Waals surface area contributed by atoms with Crippen LogP contribution in [-0.2, 0) is 11.2 Å². The minimum Gasteiger partial charge on any atom is -0.395 e. The summed E-state index contributed by atoms with van der Waals surface area (Å²) >= 11 is 0. The van der Waals surface area contributed by atoms with Gasteiger partial charge in [0.25, 0.3) is 5.91 Å². The summed E-state index contributed by atoms with van der Waals surface area (Å²) in [6.45, 7) is 0.210. The molecule has 1 aromatic heterocycles. The molecule has 3 rings (SSSR count). The van der Waals surface area contributed by atoms with Crippen LogP contribution in [0.15, 0.2) is 30.3 Å². The standard InChI is InChI=1S/C14H14N4O3/c19-7-6-15-13-12-10(8-11(20)16-14(12)21)17-18(13)9-4-2-1-3-5-9/h1-5,15,19H,6-8H2,(H,16,20,21). The Kier molecular flexibility index (Phi) is 3.41. The van der Waals surface area contributed by atoms with Crippen molar-refractivity contribution < 1.29 is 14.7 Å². The maximum Gasteiger partial charge on any atom is 0.263 e. The number of benzene rings is 1.